The first-order valence-corrected chi connectivity index (χ1v) is 6.40. The first-order valence-electron chi connectivity index (χ1n) is 6.40. The highest BCUT2D eigenvalue weighted by molar-refractivity contribution is 5.13. The Morgan fingerprint density at radius 1 is 1.56 bits per heavy atom. The van der Waals surface area contributed by atoms with Gasteiger partial charge in [-0.1, -0.05) is 30.2 Å². The van der Waals surface area contributed by atoms with Crippen molar-refractivity contribution in [1.82, 2.24) is 0 Å². The number of aliphatic hydroxyl groups excluding tert-OH is 1. The summed E-state index contributed by atoms with van der Waals surface area (Å²) in [5.41, 5.74) is 3.07. The Bertz CT molecular complexity index is 284. The van der Waals surface area contributed by atoms with Gasteiger partial charge in [0.1, 0.15) is 0 Å². The van der Waals surface area contributed by atoms with Crippen LogP contribution in [0, 0.1) is 11.3 Å². The van der Waals surface area contributed by atoms with Gasteiger partial charge in [-0.15, -0.1) is 0 Å². The van der Waals surface area contributed by atoms with Gasteiger partial charge >= 0.3 is 0 Å². The Morgan fingerprint density at radius 3 is 2.81 bits per heavy atom. The second-order valence-electron chi connectivity index (χ2n) is 5.70. The molecule has 1 nitrogen and oxygen atoms in total. The highest BCUT2D eigenvalue weighted by atomic mass is 16.3. The first-order chi connectivity index (χ1) is 7.49. The minimum atomic E-state index is 0.291. The maximum atomic E-state index is 9.55. The summed E-state index contributed by atoms with van der Waals surface area (Å²) in [7, 11) is 0. The number of hydrogen-bond acceptors (Lipinski definition) is 1. The molecule has 0 aromatic rings. The Balaban J connectivity index is 2.67. The van der Waals surface area contributed by atoms with E-state index in [-0.39, 0.29) is 0 Å². The lowest BCUT2D eigenvalue weighted by Crippen LogP contribution is -2.33. The van der Waals surface area contributed by atoms with Crippen molar-refractivity contribution in [2.45, 2.75) is 53.4 Å². The maximum absolute atomic E-state index is 9.55. The molecule has 0 heterocycles. The van der Waals surface area contributed by atoms with Crippen molar-refractivity contribution in [2.75, 3.05) is 6.61 Å². The van der Waals surface area contributed by atoms with Crippen LogP contribution < -0.4 is 0 Å². The third-order valence-corrected chi connectivity index (χ3v) is 4.02. The fourth-order valence-electron chi connectivity index (χ4n) is 2.85. The van der Waals surface area contributed by atoms with Gasteiger partial charge in [0, 0.05) is 5.92 Å². The summed E-state index contributed by atoms with van der Waals surface area (Å²) in [6, 6.07) is 0. The second kappa shape index (κ2) is 5.67. The molecule has 0 amide bonds. The molecule has 0 fully saturated rings. The molecule has 0 radical (unpaired) electrons. The van der Waals surface area contributed by atoms with E-state index in [9.17, 15) is 5.11 Å². The summed E-state index contributed by atoms with van der Waals surface area (Å²) in [6.07, 6.45) is 9.33. The smallest absolute Gasteiger partial charge is 0.0501 e. The van der Waals surface area contributed by atoms with Crippen LogP contribution in [0.15, 0.2) is 23.3 Å². The van der Waals surface area contributed by atoms with Crippen molar-refractivity contribution in [1.29, 1.82) is 0 Å². The third kappa shape index (κ3) is 3.21. The molecule has 1 aliphatic rings. The van der Waals surface area contributed by atoms with Gasteiger partial charge < -0.3 is 5.11 Å². The highest BCUT2D eigenvalue weighted by Crippen LogP contribution is 2.44. The average molecular weight is 222 g/mol. The summed E-state index contributed by atoms with van der Waals surface area (Å²) in [6.45, 7) is 9.10. The van der Waals surface area contributed by atoms with Crippen LogP contribution >= 0.6 is 0 Å². The standard InChI is InChI=1S/C15H26O/c1-12(2)7-5-9-15(4)10-6-8-13(3)14(15)11-16/h7-8,14,16H,5-6,9-11H2,1-4H3. The largest absolute Gasteiger partial charge is 0.396 e. The van der Waals surface area contributed by atoms with Crippen molar-refractivity contribution >= 4 is 0 Å². The van der Waals surface area contributed by atoms with Gasteiger partial charge in [0.25, 0.3) is 0 Å². The molecule has 1 aliphatic carbocycles. The number of allylic oxidation sites excluding steroid dienone is 3. The van der Waals surface area contributed by atoms with Crippen LogP contribution in [0.5, 0.6) is 0 Å². The zero-order chi connectivity index (χ0) is 12.2. The van der Waals surface area contributed by atoms with Gasteiger partial charge in [0.15, 0.2) is 0 Å². The van der Waals surface area contributed by atoms with Crippen LogP contribution in [-0.2, 0) is 0 Å². The van der Waals surface area contributed by atoms with Gasteiger partial charge in [0.05, 0.1) is 6.61 Å². The minimum absolute atomic E-state index is 0.291. The Morgan fingerprint density at radius 2 is 2.25 bits per heavy atom. The monoisotopic (exact) mass is 222 g/mol. The lowest BCUT2D eigenvalue weighted by molar-refractivity contribution is 0.104. The lowest BCUT2D eigenvalue weighted by atomic mass is 9.65. The molecule has 2 unspecified atom stereocenters. The Labute approximate surface area is 100 Å². The predicted molar refractivity (Wildman–Crippen MR) is 70.3 cm³/mol. The summed E-state index contributed by atoms with van der Waals surface area (Å²) in [5, 5.41) is 9.55. The molecule has 1 rings (SSSR count). The number of rotatable bonds is 4. The summed E-state index contributed by atoms with van der Waals surface area (Å²) in [5.74, 6) is 0.367. The van der Waals surface area contributed by atoms with Crippen molar-refractivity contribution in [3.8, 4) is 0 Å². The molecular weight excluding hydrogens is 196 g/mol. The van der Waals surface area contributed by atoms with E-state index in [1.54, 1.807) is 0 Å². The zero-order valence-electron chi connectivity index (χ0n) is 11.2. The number of hydrogen-bond donors (Lipinski definition) is 1. The molecule has 1 heteroatoms. The summed E-state index contributed by atoms with van der Waals surface area (Å²) in [4.78, 5) is 0. The van der Waals surface area contributed by atoms with Crippen LogP contribution in [0.4, 0.5) is 0 Å². The van der Waals surface area contributed by atoms with Crippen molar-refractivity contribution in [3.05, 3.63) is 23.3 Å². The van der Waals surface area contributed by atoms with E-state index >= 15 is 0 Å². The molecule has 0 spiro atoms. The molecule has 1 N–H and O–H groups in total. The molecule has 2 atom stereocenters. The quantitative estimate of drug-likeness (QED) is 0.710. The molecule has 0 saturated carbocycles. The van der Waals surface area contributed by atoms with Gasteiger partial charge in [-0.2, -0.15) is 0 Å². The van der Waals surface area contributed by atoms with Crippen molar-refractivity contribution in [2.24, 2.45) is 11.3 Å². The molecule has 16 heavy (non-hydrogen) atoms. The second-order valence-corrected chi connectivity index (χ2v) is 5.70. The maximum Gasteiger partial charge on any atom is 0.0501 e. The minimum Gasteiger partial charge on any atom is -0.396 e. The molecule has 0 aromatic carbocycles. The van der Waals surface area contributed by atoms with Gasteiger partial charge in [-0.25, -0.2) is 0 Å². The summed E-state index contributed by atoms with van der Waals surface area (Å²) < 4.78 is 0. The van der Waals surface area contributed by atoms with E-state index in [1.165, 1.54) is 30.4 Å². The van der Waals surface area contributed by atoms with Crippen LogP contribution in [0.2, 0.25) is 0 Å². The number of aliphatic hydroxyl groups is 1. The Kier molecular flexibility index (Phi) is 4.79. The van der Waals surface area contributed by atoms with Crippen LogP contribution in [0.25, 0.3) is 0 Å². The zero-order valence-corrected chi connectivity index (χ0v) is 11.2. The first kappa shape index (κ1) is 13.5. The van der Waals surface area contributed by atoms with Gasteiger partial charge in [-0.3, -0.25) is 0 Å². The van der Waals surface area contributed by atoms with Crippen molar-refractivity contribution in [3.63, 3.8) is 0 Å². The van der Waals surface area contributed by atoms with Crippen molar-refractivity contribution < 1.29 is 5.11 Å². The van der Waals surface area contributed by atoms with Gasteiger partial charge in [0.2, 0.25) is 0 Å². The van der Waals surface area contributed by atoms with E-state index in [0.29, 0.717) is 17.9 Å². The van der Waals surface area contributed by atoms with Crippen LogP contribution in [0.1, 0.15) is 53.4 Å². The van der Waals surface area contributed by atoms with E-state index in [1.807, 2.05) is 0 Å². The van der Waals surface area contributed by atoms with Crippen LogP contribution in [-0.4, -0.2) is 11.7 Å². The van der Waals surface area contributed by atoms with E-state index in [2.05, 4.69) is 39.8 Å². The summed E-state index contributed by atoms with van der Waals surface area (Å²) >= 11 is 0. The molecule has 92 valence electrons. The van der Waals surface area contributed by atoms with E-state index in [0.717, 1.165) is 6.42 Å². The van der Waals surface area contributed by atoms with Gasteiger partial charge in [-0.05, 0) is 51.9 Å². The Hall–Kier alpha value is -0.560. The fourth-order valence-corrected chi connectivity index (χ4v) is 2.85. The molecule has 0 aliphatic heterocycles. The highest BCUT2D eigenvalue weighted by Gasteiger charge is 2.35. The SMILES string of the molecule is CC(C)=CCCC1(C)CCC=C(C)C1CO. The topological polar surface area (TPSA) is 20.2 Å². The van der Waals surface area contributed by atoms with E-state index < -0.39 is 0 Å². The molecule has 0 aromatic heterocycles. The third-order valence-electron chi connectivity index (χ3n) is 4.02. The fraction of sp³-hybridized carbons (Fsp3) is 0.733. The molecule has 0 saturated heterocycles. The average Bonchev–Trinajstić information content (AvgIpc) is 2.17. The van der Waals surface area contributed by atoms with E-state index in [4.69, 9.17) is 0 Å². The van der Waals surface area contributed by atoms with Crippen LogP contribution in [0.3, 0.4) is 0 Å². The predicted octanol–water partition coefficient (Wildman–Crippen LogP) is 4.09. The lowest BCUT2D eigenvalue weighted by Gasteiger charge is -2.40. The molecular formula is C15H26O. The normalized spacial score (nSPS) is 29.8. The molecule has 0 bridgehead atoms.